The number of amides is 1. The lowest BCUT2D eigenvalue weighted by molar-refractivity contribution is 0.0955. The van der Waals surface area contributed by atoms with Gasteiger partial charge >= 0.3 is 0 Å². The fraction of sp³-hybridized carbons (Fsp3) is 0.100. The molecule has 0 fully saturated rings. The van der Waals surface area contributed by atoms with Crippen molar-refractivity contribution in [2.75, 3.05) is 0 Å². The molecule has 0 saturated heterocycles. The highest BCUT2D eigenvalue weighted by molar-refractivity contribution is 7.20. The van der Waals surface area contributed by atoms with Gasteiger partial charge in [-0.3, -0.25) is 9.48 Å². The van der Waals surface area contributed by atoms with Crippen LogP contribution in [0, 0.1) is 5.82 Å². The third kappa shape index (κ3) is 3.46. The van der Waals surface area contributed by atoms with Crippen LogP contribution in [0.1, 0.15) is 15.2 Å². The van der Waals surface area contributed by atoms with Gasteiger partial charge in [-0.1, -0.05) is 35.9 Å². The molecule has 0 unspecified atom stereocenters. The van der Waals surface area contributed by atoms with Gasteiger partial charge in [0.1, 0.15) is 16.3 Å². The molecule has 2 aromatic heterocycles. The highest BCUT2D eigenvalue weighted by Gasteiger charge is 2.19. The molecule has 0 atom stereocenters. The van der Waals surface area contributed by atoms with Gasteiger partial charge in [0.05, 0.1) is 4.88 Å². The first-order valence-electron chi connectivity index (χ1n) is 8.27. The predicted molar refractivity (Wildman–Crippen MR) is 107 cm³/mol. The van der Waals surface area contributed by atoms with Gasteiger partial charge < -0.3 is 5.32 Å². The lowest BCUT2D eigenvalue weighted by atomic mass is 10.1. The number of hydrogen-bond acceptors (Lipinski definition) is 3. The molecule has 0 aliphatic rings. The molecule has 0 spiro atoms. The van der Waals surface area contributed by atoms with Crippen molar-refractivity contribution in [3.8, 4) is 11.3 Å². The number of hydrogen-bond donors (Lipinski definition) is 1. The van der Waals surface area contributed by atoms with Crippen LogP contribution < -0.4 is 5.32 Å². The van der Waals surface area contributed by atoms with Crippen LogP contribution in [0.4, 0.5) is 4.39 Å². The van der Waals surface area contributed by atoms with Gasteiger partial charge in [0, 0.05) is 29.6 Å². The van der Waals surface area contributed by atoms with Gasteiger partial charge in [0.2, 0.25) is 0 Å². The first-order chi connectivity index (χ1) is 13.0. The van der Waals surface area contributed by atoms with Crippen molar-refractivity contribution < 1.29 is 9.18 Å². The zero-order valence-corrected chi connectivity index (χ0v) is 15.9. The highest BCUT2D eigenvalue weighted by Crippen LogP contribution is 2.34. The number of benzene rings is 2. The smallest absolute Gasteiger partial charge is 0.261 e. The van der Waals surface area contributed by atoms with E-state index in [0.717, 1.165) is 15.8 Å². The molecule has 2 aromatic carbocycles. The molecule has 4 nitrogen and oxygen atoms in total. The molecule has 1 amide bonds. The summed E-state index contributed by atoms with van der Waals surface area (Å²) in [6.45, 7) is 0.405. The van der Waals surface area contributed by atoms with E-state index in [0.29, 0.717) is 27.7 Å². The van der Waals surface area contributed by atoms with Crippen LogP contribution in [0.2, 0.25) is 5.02 Å². The minimum Gasteiger partial charge on any atom is -0.347 e. The Labute approximate surface area is 164 Å². The molecule has 0 aliphatic heterocycles. The summed E-state index contributed by atoms with van der Waals surface area (Å²) in [5, 5.41) is 8.75. The molecule has 0 radical (unpaired) electrons. The van der Waals surface area contributed by atoms with Crippen LogP contribution in [0.15, 0.2) is 54.6 Å². The molecule has 1 N–H and O–H groups in total. The van der Waals surface area contributed by atoms with Gasteiger partial charge in [-0.2, -0.15) is 5.10 Å². The van der Waals surface area contributed by atoms with Crippen LogP contribution in [-0.4, -0.2) is 15.7 Å². The fourth-order valence-electron chi connectivity index (χ4n) is 2.88. The summed E-state index contributed by atoms with van der Waals surface area (Å²) in [4.78, 5) is 13.9. The Hall–Kier alpha value is -2.70. The van der Waals surface area contributed by atoms with E-state index < -0.39 is 0 Å². The summed E-state index contributed by atoms with van der Waals surface area (Å²) in [5.74, 6) is -0.511. The summed E-state index contributed by atoms with van der Waals surface area (Å²) in [7, 11) is 1.79. The zero-order chi connectivity index (χ0) is 19.0. The second-order valence-corrected chi connectivity index (χ2v) is 7.56. The lowest BCUT2D eigenvalue weighted by Crippen LogP contribution is -2.21. The molecule has 0 saturated carbocycles. The Bertz CT molecular complexity index is 1130. The summed E-state index contributed by atoms with van der Waals surface area (Å²) in [6.07, 6.45) is 0. The SMILES string of the molecule is Cn1nc(-c2ccccc2F)c2cc(C(=O)NCc3ccc(Cl)cc3)sc21. The number of carbonyl (C=O) groups is 1. The molecule has 4 rings (SSSR count). The lowest BCUT2D eigenvalue weighted by Gasteiger charge is -2.04. The maximum absolute atomic E-state index is 14.2. The van der Waals surface area contributed by atoms with Crippen molar-refractivity contribution in [3.05, 3.63) is 75.9 Å². The second kappa shape index (κ2) is 7.13. The maximum atomic E-state index is 14.2. The van der Waals surface area contributed by atoms with Crippen LogP contribution in [0.25, 0.3) is 21.5 Å². The molecule has 4 aromatic rings. The number of thiophene rings is 1. The Morgan fingerprint density at radius 2 is 1.96 bits per heavy atom. The quantitative estimate of drug-likeness (QED) is 0.523. The van der Waals surface area contributed by atoms with E-state index in [1.54, 1.807) is 48.1 Å². The van der Waals surface area contributed by atoms with Gasteiger partial charge in [-0.05, 0) is 35.9 Å². The first kappa shape index (κ1) is 17.7. The van der Waals surface area contributed by atoms with Crippen LogP contribution in [0.3, 0.4) is 0 Å². The largest absolute Gasteiger partial charge is 0.347 e. The van der Waals surface area contributed by atoms with Crippen molar-refractivity contribution in [3.63, 3.8) is 0 Å². The van der Waals surface area contributed by atoms with E-state index >= 15 is 0 Å². The average molecular weight is 400 g/mol. The molecule has 27 heavy (non-hydrogen) atoms. The van der Waals surface area contributed by atoms with Gasteiger partial charge in [0.25, 0.3) is 5.91 Å². The van der Waals surface area contributed by atoms with Crippen molar-refractivity contribution >= 4 is 39.1 Å². The Kier molecular flexibility index (Phi) is 4.68. The molecule has 0 aliphatic carbocycles. The Morgan fingerprint density at radius 1 is 1.22 bits per heavy atom. The highest BCUT2D eigenvalue weighted by atomic mass is 35.5. The Balaban J connectivity index is 1.61. The van der Waals surface area contributed by atoms with Crippen molar-refractivity contribution in [2.24, 2.45) is 7.05 Å². The molecule has 2 heterocycles. The van der Waals surface area contributed by atoms with Crippen LogP contribution in [0.5, 0.6) is 0 Å². The fourth-order valence-corrected chi connectivity index (χ4v) is 3.99. The third-order valence-electron chi connectivity index (χ3n) is 4.23. The first-order valence-corrected chi connectivity index (χ1v) is 9.46. The molecular weight excluding hydrogens is 385 g/mol. The van der Waals surface area contributed by atoms with E-state index in [4.69, 9.17) is 11.6 Å². The van der Waals surface area contributed by atoms with Crippen LogP contribution in [-0.2, 0) is 13.6 Å². The number of fused-ring (bicyclic) bond motifs is 1. The minimum atomic E-state index is -0.336. The van der Waals surface area contributed by atoms with E-state index in [1.807, 2.05) is 12.1 Å². The minimum absolute atomic E-state index is 0.175. The monoisotopic (exact) mass is 399 g/mol. The van der Waals surface area contributed by atoms with Gasteiger partial charge in [-0.15, -0.1) is 11.3 Å². The topological polar surface area (TPSA) is 46.9 Å². The van der Waals surface area contributed by atoms with Crippen molar-refractivity contribution in [2.45, 2.75) is 6.54 Å². The second-order valence-electron chi connectivity index (χ2n) is 6.09. The number of aryl methyl sites for hydroxylation is 1. The summed E-state index contributed by atoms with van der Waals surface area (Å²) in [5.41, 5.74) is 1.93. The van der Waals surface area contributed by atoms with Gasteiger partial charge in [0.15, 0.2) is 0 Å². The Morgan fingerprint density at radius 3 is 2.70 bits per heavy atom. The summed E-state index contributed by atoms with van der Waals surface area (Å²) in [6, 6.07) is 15.6. The number of nitrogens with zero attached hydrogens (tertiary/aromatic N) is 2. The van der Waals surface area contributed by atoms with E-state index in [-0.39, 0.29) is 11.7 Å². The summed E-state index contributed by atoms with van der Waals surface area (Å²) >= 11 is 7.21. The normalized spacial score (nSPS) is 11.1. The van der Waals surface area contributed by atoms with E-state index in [1.165, 1.54) is 17.4 Å². The molecule has 136 valence electrons. The molecule has 7 heteroatoms. The number of nitrogens with one attached hydrogen (secondary N) is 1. The van der Waals surface area contributed by atoms with Crippen molar-refractivity contribution in [1.82, 2.24) is 15.1 Å². The van der Waals surface area contributed by atoms with Crippen molar-refractivity contribution in [1.29, 1.82) is 0 Å². The third-order valence-corrected chi connectivity index (χ3v) is 5.68. The maximum Gasteiger partial charge on any atom is 0.261 e. The van der Waals surface area contributed by atoms with Crippen LogP contribution >= 0.6 is 22.9 Å². The number of halogens is 2. The van der Waals surface area contributed by atoms with E-state index in [9.17, 15) is 9.18 Å². The molecule has 0 bridgehead atoms. The standard InChI is InChI=1S/C20H15ClFN3OS/c1-25-20-15(18(24-25)14-4-2-3-5-16(14)22)10-17(27-20)19(26)23-11-12-6-8-13(21)9-7-12/h2-10H,11H2,1H3,(H,23,26). The number of carbonyl (C=O) groups excluding carboxylic acids is 1. The number of aromatic nitrogens is 2. The predicted octanol–water partition coefficient (Wildman–Crippen LogP) is 5.02. The molecular formula is C20H15ClFN3OS. The van der Waals surface area contributed by atoms with E-state index in [2.05, 4.69) is 10.4 Å². The average Bonchev–Trinajstić information content (AvgIpc) is 3.22. The van der Waals surface area contributed by atoms with Gasteiger partial charge in [-0.25, -0.2) is 4.39 Å². The summed E-state index contributed by atoms with van der Waals surface area (Å²) < 4.78 is 15.9. The zero-order valence-electron chi connectivity index (χ0n) is 14.4. The number of rotatable bonds is 4.